The number of aldehydes is 1. The third kappa shape index (κ3) is 3.58. The van der Waals surface area contributed by atoms with Gasteiger partial charge >= 0.3 is 6.03 Å². The zero-order chi connectivity index (χ0) is 12.8. The number of rotatable bonds is 3. The monoisotopic (exact) mass is 246 g/mol. The Bertz CT molecular complexity index is 408. The van der Waals surface area contributed by atoms with E-state index >= 15 is 0 Å². The summed E-state index contributed by atoms with van der Waals surface area (Å²) < 4.78 is 0. The van der Waals surface area contributed by atoms with E-state index in [9.17, 15) is 9.59 Å². The lowest BCUT2D eigenvalue weighted by atomic mass is 9.96. The van der Waals surface area contributed by atoms with E-state index in [-0.39, 0.29) is 6.03 Å². The molecule has 0 heterocycles. The van der Waals surface area contributed by atoms with Gasteiger partial charge in [-0.25, -0.2) is 4.79 Å². The van der Waals surface area contributed by atoms with Crippen molar-refractivity contribution >= 4 is 18.0 Å². The minimum absolute atomic E-state index is 0.166. The second-order valence-electron chi connectivity index (χ2n) is 4.67. The van der Waals surface area contributed by atoms with Crippen molar-refractivity contribution in [2.45, 2.75) is 38.1 Å². The highest BCUT2D eigenvalue weighted by molar-refractivity contribution is 5.89. The number of carbonyl (C=O) groups excluding carboxylic acids is 2. The average molecular weight is 246 g/mol. The highest BCUT2D eigenvalue weighted by Crippen LogP contribution is 2.17. The van der Waals surface area contributed by atoms with Crippen LogP contribution < -0.4 is 10.6 Å². The van der Waals surface area contributed by atoms with E-state index in [1.165, 1.54) is 19.3 Å². The lowest BCUT2D eigenvalue weighted by molar-refractivity contribution is 0.112. The van der Waals surface area contributed by atoms with Gasteiger partial charge < -0.3 is 10.6 Å². The summed E-state index contributed by atoms with van der Waals surface area (Å²) in [4.78, 5) is 22.2. The number of nitrogens with one attached hydrogen (secondary N) is 2. The molecule has 0 aliphatic heterocycles. The summed E-state index contributed by atoms with van der Waals surface area (Å²) in [7, 11) is 0. The van der Waals surface area contributed by atoms with Crippen molar-refractivity contribution in [2.75, 3.05) is 5.32 Å². The third-order valence-electron chi connectivity index (χ3n) is 3.25. The number of benzene rings is 1. The third-order valence-corrected chi connectivity index (χ3v) is 3.25. The van der Waals surface area contributed by atoms with Crippen molar-refractivity contribution in [1.82, 2.24) is 5.32 Å². The predicted octanol–water partition coefficient (Wildman–Crippen LogP) is 2.95. The molecule has 1 aromatic rings. The molecular formula is C14H18N2O2. The maximum Gasteiger partial charge on any atom is 0.319 e. The van der Waals surface area contributed by atoms with Crippen molar-refractivity contribution in [3.8, 4) is 0 Å². The van der Waals surface area contributed by atoms with Gasteiger partial charge in [0, 0.05) is 17.3 Å². The van der Waals surface area contributed by atoms with E-state index < -0.39 is 0 Å². The Hall–Kier alpha value is -1.84. The molecule has 0 saturated heterocycles. The summed E-state index contributed by atoms with van der Waals surface area (Å²) in [5, 5.41) is 5.75. The lowest BCUT2D eigenvalue weighted by Gasteiger charge is -2.22. The zero-order valence-electron chi connectivity index (χ0n) is 10.3. The molecule has 2 N–H and O–H groups in total. The Labute approximate surface area is 107 Å². The van der Waals surface area contributed by atoms with E-state index in [1.807, 2.05) is 0 Å². The minimum Gasteiger partial charge on any atom is -0.335 e. The number of urea groups is 1. The van der Waals surface area contributed by atoms with E-state index in [4.69, 9.17) is 0 Å². The molecule has 1 saturated carbocycles. The lowest BCUT2D eigenvalue weighted by Crippen LogP contribution is -2.38. The summed E-state index contributed by atoms with van der Waals surface area (Å²) in [5.41, 5.74) is 1.31. The number of hydrogen-bond donors (Lipinski definition) is 2. The first-order valence-corrected chi connectivity index (χ1v) is 6.41. The molecule has 1 aliphatic rings. The first-order valence-electron chi connectivity index (χ1n) is 6.41. The van der Waals surface area contributed by atoms with Crippen LogP contribution in [0.3, 0.4) is 0 Å². The van der Waals surface area contributed by atoms with Crippen molar-refractivity contribution in [1.29, 1.82) is 0 Å². The molecule has 1 aliphatic carbocycles. The Morgan fingerprint density at radius 2 is 1.78 bits per heavy atom. The van der Waals surface area contributed by atoms with Crippen molar-refractivity contribution in [3.63, 3.8) is 0 Å². The summed E-state index contributed by atoms with van der Waals surface area (Å²) >= 11 is 0. The quantitative estimate of drug-likeness (QED) is 0.805. The van der Waals surface area contributed by atoms with Crippen LogP contribution in [0.5, 0.6) is 0 Å². The van der Waals surface area contributed by atoms with Crippen LogP contribution in [-0.2, 0) is 0 Å². The van der Waals surface area contributed by atoms with E-state index in [0.29, 0.717) is 17.3 Å². The average Bonchev–Trinajstić information content (AvgIpc) is 2.40. The van der Waals surface area contributed by atoms with Crippen molar-refractivity contribution in [2.24, 2.45) is 0 Å². The highest BCUT2D eigenvalue weighted by Gasteiger charge is 2.15. The minimum atomic E-state index is -0.166. The SMILES string of the molecule is O=Cc1ccc(NC(=O)NC2CCCCC2)cc1. The molecule has 0 atom stereocenters. The fourth-order valence-corrected chi connectivity index (χ4v) is 2.24. The molecule has 0 radical (unpaired) electrons. The van der Waals surface area contributed by atoms with Gasteiger partial charge in [-0.05, 0) is 37.1 Å². The normalized spacial score (nSPS) is 16.0. The molecule has 0 aromatic heterocycles. The van der Waals surface area contributed by atoms with Crippen LogP contribution in [0.1, 0.15) is 42.5 Å². The summed E-state index contributed by atoms with van der Waals surface area (Å²) in [6.45, 7) is 0. The molecule has 18 heavy (non-hydrogen) atoms. The van der Waals surface area contributed by atoms with Crippen LogP contribution >= 0.6 is 0 Å². The smallest absolute Gasteiger partial charge is 0.319 e. The Morgan fingerprint density at radius 3 is 2.39 bits per heavy atom. The van der Waals surface area contributed by atoms with Gasteiger partial charge in [0.05, 0.1) is 0 Å². The van der Waals surface area contributed by atoms with E-state index in [1.54, 1.807) is 24.3 Å². The largest absolute Gasteiger partial charge is 0.335 e. The fraction of sp³-hybridized carbons (Fsp3) is 0.429. The van der Waals surface area contributed by atoms with Gasteiger partial charge in [0.25, 0.3) is 0 Å². The molecule has 0 bridgehead atoms. The van der Waals surface area contributed by atoms with Gasteiger partial charge in [-0.2, -0.15) is 0 Å². The van der Waals surface area contributed by atoms with Crippen LogP contribution in [0.2, 0.25) is 0 Å². The van der Waals surface area contributed by atoms with Crippen molar-refractivity contribution in [3.05, 3.63) is 29.8 Å². The second-order valence-corrected chi connectivity index (χ2v) is 4.67. The maximum atomic E-state index is 11.7. The Kier molecular flexibility index (Phi) is 4.34. The van der Waals surface area contributed by atoms with Crippen LogP contribution in [-0.4, -0.2) is 18.4 Å². The Morgan fingerprint density at radius 1 is 1.11 bits per heavy atom. The fourth-order valence-electron chi connectivity index (χ4n) is 2.24. The predicted molar refractivity (Wildman–Crippen MR) is 70.9 cm³/mol. The van der Waals surface area contributed by atoms with Gasteiger partial charge in [-0.15, -0.1) is 0 Å². The first kappa shape index (κ1) is 12.6. The number of anilines is 1. The zero-order valence-corrected chi connectivity index (χ0v) is 10.3. The number of carbonyl (C=O) groups is 2. The molecular weight excluding hydrogens is 228 g/mol. The van der Waals surface area contributed by atoms with Gasteiger partial charge in [0.15, 0.2) is 0 Å². The highest BCUT2D eigenvalue weighted by atomic mass is 16.2. The standard InChI is InChI=1S/C14H18N2O2/c17-10-11-6-8-13(9-7-11)16-14(18)15-12-4-2-1-3-5-12/h6-10,12H,1-5H2,(H2,15,16,18). The summed E-state index contributed by atoms with van der Waals surface area (Å²) in [5.74, 6) is 0. The maximum absolute atomic E-state index is 11.7. The van der Waals surface area contributed by atoms with Crippen LogP contribution in [0.15, 0.2) is 24.3 Å². The summed E-state index contributed by atoms with van der Waals surface area (Å²) in [6.07, 6.45) is 6.58. The van der Waals surface area contributed by atoms with Crippen LogP contribution in [0.4, 0.5) is 10.5 Å². The van der Waals surface area contributed by atoms with Gasteiger partial charge in [-0.3, -0.25) is 4.79 Å². The van der Waals surface area contributed by atoms with E-state index in [0.717, 1.165) is 19.1 Å². The molecule has 1 fully saturated rings. The van der Waals surface area contributed by atoms with Crippen molar-refractivity contribution < 1.29 is 9.59 Å². The molecule has 4 nitrogen and oxygen atoms in total. The van der Waals surface area contributed by atoms with Crippen LogP contribution in [0, 0.1) is 0 Å². The Balaban J connectivity index is 1.83. The van der Waals surface area contributed by atoms with E-state index in [2.05, 4.69) is 10.6 Å². The first-order chi connectivity index (χ1) is 8.78. The van der Waals surface area contributed by atoms with Crippen LogP contribution in [0.25, 0.3) is 0 Å². The second kappa shape index (κ2) is 6.19. The molecule has 2 amide bonds. The molecule has 0 spiro atoms. The van der Waals surface area contributed by atoms with Gasteiger partial charge in [0.2, 0.25) is 0 Å². The van der Waals surface area contributed by atoms with Gasteiger partial charge in [-0.1, -0.05) is 19.3 Å². The summed E-state index contributed by atoms with van der Waals surface area (Å²) in [6, 6.07) is 6.95. The molecule has 1 aromatic carbocycles. The van der Waals surface area contributed by atoms with Gasteiger partial charge in [0.1, 0.15) is 6.29 Å². The number of amides is 2. The molecule has 4 heteroatoms. The molecule has 0 unspecified atom stereocenters. The number of hydrogen-bond acceptors (Lipinski definition) is 2. The molecule has 96 valence electrons. The topological polar surface area (TPSA) is 58.2 Å². The molecule has 2 rings (SSSR count).